The van der Waals surface area contributed by atoms with Gasteiger partial charge in [0.25, 0.3) is 0 Å². The summed E-state index contributed by atoms with van der Waals surface area (Å²) < 4.78 is 6.40. The number of carbonyl (C=O) groups excluding carboxylic acids is 1. The lowest BCUT2D eigenvalue weighted by molar-refractivity contribution is 0.0818. The van der Waals surface area contributed by atoms with Crippen LogP contribution in [0.1, 0.15) is 34.3 Å². The number of carbonyl (C=O) groups is 1. The van der Waals surface area contributed by atoms with Crippen molar-refractivity contribution >= 4 is 26.0 Å². The zero-order valence-corrected chi connectivity index (χ0v) is 15.1. The van der Waals surface area contributed by atoms with Crippen molar-refractivity contribution < 1.29 is 9.53 Å². The topological polar surface area (TPSA) is 64.4 Å². The molecular formula is C20H21N2O2P. The highest BCUT2D eigenvalue weighted by molar-refractivity contribution is 7.41. The first-order valence-corrected chi connectivity index (χ1v) is 9.07. The Morgan fingerprint density at radius 1 is 1.12 bits per heavy atom. The van der Waals surface area contributed by atoms with E-state index in [0.29, 0.717) is 11.3 Å². The lowest BCUT2D eigenvalue weighted by atomic mass is 9.83. The number of anilines is 1. The predicted molar refractivity (Wildman–Crippen MR) is 104 cm³/mol. The van der Waals surface area contributed by atoms with Crippen molar-refractivity contribution in [3.63, 3.8) is 0 Å². The van der Waals surface area contributed by atoms with Gasteiger partial charge in [-0.05, 0) is 42.4 Å². The molecule has 0 aromatic heterocycles. The van der Waals surface area contributed by atoms with Crippen molar-refractivity contribution in [2.75, 3.05) is 18.8 Å². The summed E-state index contributed by atoms with van der Waals surface area (Å²) in [6.07, 6.45) is 4.07. The van der Waals surface area contributed by atoms with Crippen molar-refractivity contribution in [3.05, 3.63) is 65.2 Å². The van der Waals surface area contributed by atoms with Gasteiger partial charge in [-0.15, -0.1) is 0 Å². The number of piperidine rings is 1. The molecule has 0 bridgehead atoms. The summed E-state index contributed by atoms with van der Waals surface area (Å²) in [6.45, 7) is 1.86. The smallest absolute Gasteiger partial charge is 0.178 e. The summed E-state index contributed by atoms with van der Waals surface area (Å²) in [5, 5.41) is 3.39. The number of nitrogen functional groups attached to an aromatic ring is 1. The first-order valence-electron chi connectivity index (χ1n) is 8.50. The summed E-state index contributed by atoms with van der Waals surface area (Å²) >= 11 is 0. The van der Waals surface area contributed by atoms with E-state index < -0.39 is 0 Å². The SMILES string of the molecule is Nc1cccc2c1C(c1ccc(C(=O)P)cc1)=CC1(CCNCC1)O2. The molecule has 25 heavy (non-hydrogen) atoms. The summed E-state index contributed by atoms with van der Waals surface area (Å²) in [6, 6.07) is 13.5. The summed E-state index contributed by atoms with van der Waals surface area (Å²) in [5.74, 6) is 0.839. The third-order valence-corrected chi connectivity index (χ3v) is 5.31. The Hall–Kier alpha value is -2.16. The van der Waals surface area contributed by atoms with E-state index in [-0.39, 0.29) is 11.1 Å². The maximum atomic E-state index is 11.5. The van der Waals surface area contributed by atoms with Gasteiger partial charge in [0, 0.05) is 29.7 Å². The number of nitrogens with one attached hydrogen (secondary N) is 1. The van der Waals surface area contributed by atoms with E-state index >= 15 is 0 Å². The average Bonchev–Trinajstić information content (AvgIpc) is 2.62. The van der Waals surface area contributed by atoms with Gasteiger partial charge in [0.1, 0.15) is 11.4 Å². The lowest BCUT2D eigenvalue weighted by Crippen LogP contribution is -2.46. The summed E-state index contributed by atoms with van der Waals surface area (Å²) in [7, 11) is 2.21. The molecule has 1 spiro atoms. The van der Waals surface area contributed by atoms with Crippen LogP contribution in [0.25, 0.3) is 5.57 Å². The van der Waals surface area contributed by atoms with E-state index in [4.69, 9.17) is 10.5 Å². The fraction of sp³-hybridized carbons (Fsp3) is 0.250. The van der Waals surface area contributed by atoms with Crippen molar-refractivity contribution in [2.24, 2.45) is 0 Å². The molecule has 128 valence electrons. The maximum Gasteiger partial charge on any atom is 0.178 e. The predicted octanol–water partition coefficient (Wildman–Crippen LogP) is 3.23. The highest BCUT2D eigenvalue weighted by Crippen LogP contribution is 2.44. The molecule has 1 fully saturated rings. The van der Waals surface area contributed by atoms with Gasteiger partial charge in [-0.2, -0.15) is 0 Å². The van der Waals surface area contributed by atoms with Crippen LogP contribution in [0.5, 0.6) is 5.75 Å². The van der Waals surface area contributed by atoms with Gasteiger partial charge in [0.05, 0.1) is 0 Å². The van der Waals surface area contributed by atoms with Gasteiger partial charge in [-0.1, -0.05) is 39.6 Å². The molecule has 2 aromatic carbocycles. The highest BCUT2D eigenvalue weighted by atomic mass is 31.0. The van der Waals surface area contributed by atoms with Gasteiger partial charge in [-0.25, -0.2) is 0 Å². The summed E-state index contributed by atoms with van der Waals surface area (Å²) in [5.41, 5.74) is 10.4. The highest BCUT2D eigenvalue weighted by Gasteiger charge is 2.37. The number of benzene rings is 2. The Balaban J connectivity index is 1.85. The molecule has 0 aliphatic carbocycles. The van der Waals surface area contributed by atoms with Crippen LogP contribution in [-0.2, 0) is 0 Å². The van der Waals surface area contributed by atoms with E-state index in [1.54, 1.807) is 0 Å². The van der Waals surface area contributed by atoms with E-state index in [9.17, 15) is 4.79 Å². The Kier molecular flexibility index (Phi) is 4.10. The molecule has 1 unspecified atom stereocenters. The van der Waals surface area contributed by atoms with Crippen molar-refractivity contribution in [1.82, 2.24) is 5.32 Å². The van der Waals surface area contributed by atoms with Crippen LogP contribution in [0.2, 0.25) is 0 Å². The third kappa shape index (κ3) is 2.97. The number of hydrogen-bond acceptors (Lipinski definition) is 4. The number of hydrogen-bond donors (Lipinski definition) is 2. The van der Waals surface area contributed by atoms with Gasteiger partial charge in [0.2, 0.25) is 0 Å². The maximum absolute atomic E-state index is 11.5. The first kappa shape index (κ1) is 16.3. The monoisotopic (exact) mass is 352 g/mol. The number of fused-ring (bicyclic) bond motifs is 1. The van der Waals surface area contributed by atoms with Crippen LogP contribution >= 0.6 is 9.24 Å². The van der Waals surface area contributed by atoms with Crippen LogP contribution < -0.4 is 15.8 Å². The average molecular weight is 352 g/mol. The third-order valence-electron chi connectivity index (χ3n) is 4.98. The molecular weight excluding hydrogens is 331 g/mol. The fourth-order valence-corrected chi connectivity index (χ4v) is 3.84. The Labute approximate surface area is 149 Å². The number of rotatable bonds is 2. The number of nitrogens with two attached hydrogens (primary N) is 1. The fourth-order valence-electron chi connectivity index (χ4n) is 3.64. The Morgan fingerprint density at radius 2 is 1.84 bits per heavy atom. The van der Waals surface area contributed by atoms with E-state index in [2.05, 4.69) is 20.6 Å². The molecule has 4 nitrogen and oxygen atoms in total. The molecule has 5 heteroatoms. The molecule has 0 radical (unpaired) electrons. The van der Waals surface area contributed by atoms with Crippen LogP contribution in [-0.4, -0.2) is 24.2 Å². The Morgan fingerprint density at radius 3 is 2.52 bits per heavy atom. The normalized spacial score (nSPS) is 18.2. The molecule has 4 rings (SSSR count). The van der Waals surface area contributed by atoms with E-state index in [1.807, 2.05) is 42.5 Å². The van der Waals surface area contributed by atoms with E-state index in [1.165, 1.54) is 0 Å². The zero-order valence-electron chi connectivity index (χ0n) is 13.9. The summed E-state index contributed by atoms with van der Waals surface area (Å²) in [4.78, 5) is 11.5. The molecule has 1 saturated heterocycles. The van der Waals surface area contributed by atoms with Crippen LogP contribution in [0.15, 0.2) is 48.5 Å². The lowest BCUT2D eigenvalue weighted by Gasteiger charge is -2.40. The second kappa shape index (κ2) is 6.29. The van der Waals surface area contributed by atoms with Crippen molar-refractivity contribution in [1.29, 1.82) is 0 Å². The molecule has 3 N–H and O–H groups in total. The zero-order chi connectivity index (χ0) is 17.4. The second-order valence-corrected chi connectivity index (χ2v) is 7.16. The molecule has 1 atom stereocenters. The molecule has 2 aliphatic heterocycles. The minimum absolute atomic E-state index is 0.0118. The molecule has 2 heterocycles. The van der Waals surface area contributed by atoms with Crippen LogP contribution in [0.4, 0.5) is 5.69 Å². The molecule has 2 aromatic rings. The van der Waals surface area contributed by atoms with Gasteiger partial charge >= 0.3 is 0 Å². The number of ether oxygens (including phenoxy) is 1. The van der Waals surface area contributed by atoms with Gasteiger partial charge in [0.15, 0.2) is 5.52 Å². The standard InChI is InChI=1S/C20H21N2O2P/c21-16-2-1-3-17-18(16)15(12-20(24-17)8-10-22-11-9-20)13-4-6-14(7-5-13)19(23)25/h1-7,12,22H,8-11,21,25H2. The van der Waals surface area contributed by atoms with Crippen LogP contribution in [0, 0.1) is 0 Å². The minimum Gasteiger partial charge on any atom is -0.482 e. The van der Waals surface area contributed by atoms with Gasteiger partial charge < -0.3 is 15.8 Å². The Bertz CT molecular complexity index is 852. The minimum atomic E-state index is -0.295. The van der Waals surface area contributed by atoms with Gasteiger partial charge in [-0.3, -0.25) is 4.79 Å². The first-order chi connectivity index (χ1) is 12.1. The molecule has 2 aliphatic rings. The van der Waals surface area contributed by atoms with Crippen molar-refractivity contribution in [3.8, 4) is 5.75 Å². The quantitative estimate of drug-likeness (QED) is 0.643. The molecule has 0 amide bonds. The largest absolute Gasteiger partial charge is 0.482 e. The van der Waals surface area contributed by atoms with Crippen molar-refractivity contribution in [2.45, 2.75) is 18.4 Å². The molecule has 0 saturated carbocycles. The second-order valence-electron chi connectivity index (χ2n) is 6.64. The van der Waals surface area contributed by atoms with E-state index in [0.717, 1.165) is 48.4 Å². The van der Waals surface area contributed by atoms with Crippen LogP contribution in [0.3, 0.4) is 0 Å².